The number of rotatable bonds is 7. The summed E-state index contributed by atoms with van der Waals surface area (Å²) < 4.78 is 30.1. The van der Waals surface area contributed by atoms with Gasteiger partial charge in [-0.2, -0.15) is 4.98 Å². The number of hydrogen-bond donors (Lipinski definition) is 0. The minimum Gasteiger partial charge on any atom is -0.477 e. The van der Waals surface area contributed by atoms with E-state index >= 15 is 0 Å². The highest BCUT2D eigenvalue weighted by atomic mass is 35.5. The van der Waals surface area contributed by atoms with Crippen LogP contribution in [0.15, 0.2) is 24.4 Å². The molecule has 166 valence electrons. The molecule has 0 radical (unpaired) electrons. The molecule has 4 rings (SSSR count). The maximum absolute atomic E-state index is 14.5. The number of hydrogen-bond acceptors (Lipinski definition) is 9. The van der Waals surface area contributed by atoms with Crippen molar-refractivity contribution in [2.75, 3.05) is 13.2 Å². The molecule has 0 amide bonds. The molecule has 0 N–H and O–H groups in total. The molecule has 1 aromatic carbocycles. The fourth-order valence-corrected chi connectivity index (χ4v) is 4.14. The third kappa shape index (κ3) is 4.71. The Morgan fingerprint density at radius 2 is 2.00 bits per heavy atom. The van der Waals surface area contributed by atoms with Gasteiger partial charge in [-0.1, -0.05) is 11.3 Å². The summed E-state index contributed by atoms with van der Waals surface area (Å²) in [6.45, 7) is 5.79. The second-order valence-corrected chi connectivity index (χ2v) is 8.20. The highest BCUT2D eigenvalue weighted by molar-refractivity contribution is 7.21. The number of aryl methyl sites for hydroxylation is 1. The number of carbonyl (C=O) groups is 1. The monoisotopic (exact) mass is 476 g/mol. The molecule has 32 heavy (non-hydrogen) atoms. The number of benzene rings is 1. The van der Waals surface area contributed by atoms with Gasteiger partial charge in [0.15, 0.2) is 5.82 Å². The number of fused-ring (bicyclic) bond motifs is 2. The minimum absolute atomic E-state index is 0.0974. The minimum atomic E-state index is -0.959. The number of pyridine rings is 1. The van der Waals surface area contributed by atoms with Crippen molar-refractivity contribution >= 4 is 49.7 Å². The van der Waals surface area contributed by atoms with Crippen LogP contribution in [0.2, 0.25) is 0 Å². The van der Waals surface area contributed by atoms with Crippen molar-refractivity contribution in [1.82, 2.24) is 19.9 Å². The molecular formula is C21H18ClFN4O4S. The average Bonchev–Trinajstić information content (AvgIpc) is 3.13. The normalized spacial score (nSPS) is 12.2. The van der Waals surface area contributed by atoms with Gasteiger partial charge in [-0.25, -0.2) is 24.1 Å². The number of thiazole rings is 1. The van der Waals surface area contributed by atoms with Gasteiger partial charge in [0.25, 0.3) is 5.88 Å². The Kier molecular flexibility index (Phi) is 6.33. The lowest BCUT2D eigenvalue weighted by atomic mass is 10.1. The SMILES string of the molecule is CCOc1cnc2c(-c3nc4cc(F)c(OC[C@@H](C)OC(=O)Cl)nc4s3)cc(C)cc2n1. The second-order valence-electron chi connectivity index (χ2n) is 6.92. The summed E-state index contributed by atoms with van der Waals surface area (Å²) in [5.74, 6) is -0.435. The van der Waals surface area contributed by atoms with E-state index in [1.54, 1.807) is 13.1 Å². The van der Waals surface area contributed by atoms with Crippen molar-refractivity contribution < 1.29 is 23.4 Å². The third-order valence-electron chi connectivity index (χ3n) is 4.35. The van der Waals surface area contributed by atoms with E-state index < -0.39 is 17.3 Å². The van der Waals surface area contributed by atoms with Crippen LogP contribution in [0.4, 0.5) is 9.18 Å². The van der Waals surface area contributed by atoms with Crippen LogP contribution in [0, 0.1) is 12.7 Å². The smallest absolute Gasteiger partial charge is 0.404 e. The molecule has 3 heterocycles. The quantitative estimate of drug-likeness (QED) is 0.332. The number of nitrogens with zero attached hydrogens (tertiary/aromatic N) is 4. The molecular weight excluding hydrogens is 459 g/mol. The van der Waals surface area contributed by atoms with E-state index in [2.05, 4.69) is 19.9 Å². The van der Waals surface area contributed by atoms with E-state index in [-0.39, 0.29) is 12.5 Å². The Hall–Kier alpha value is -3.11. The Labute approximate surface area is 191 Å². The van der Waals surface area contributed by atoms with Gasteiger partial charge < -0.3 is 14.2 Å². The van der Waals surface area contributed by atoms with Crippen LogP contribution in [0.1, 0.15) is 19.4 Å². The van der Waals surface area contributed by atoms with Gasteiger partial charge >= 0.3 is 5.43 Å². The molecule has 0 fully saturated rings. The van der Waals surface area contributed by atoms with Crippen LogP contribution in [0.5, 0.6) is 11.8 Å². The van der Waals surface area contributed by atoms with Crippen molar-refractivity contribution in [3.8, 4) is 22.3 Å². The molecule has 0 unspecified atom stereocenters. The Morgan fingerprint density at radius 3 is 2.75 bits per heavy atom. The molecule has 4 aromatic rings. The molecule has 0 saturated heterocycles. The fraction of sp³-hybridized carbons (Fsp3) is 0.286. The second kappa shape index (κ2) is 9.17. The van der Waals surface area contributed by atoms with E-state index in [1.165, 1.54) is 17.4 Å². The van der Waals surface area contributed by atoms with Crippen molar-refractivity contribution in [2.45, 2.75) is 26.9 Å². The lowest BCUT2D eigenvalue weighted by Crippen LogP contribution is -2.19. The Bertz CT molecular complexity index is 1320. The molecule has 8 nitrogen and oxygen atoms in total. The van der Waals surface area contributed by atoms with Crippen LogP contribution in [-0.2, 0) is 4.74 Å². The number of halogens is 2. The molecule has 0 spiro atoms. The zero-order chi connectivity index (χ0) is 22.8. The summed E-state index contributed by atoms with van der Waals surface area (Å²) in [5, 5.41) is 0.626. The first-order valence-electron chi connectivity index (χ1n) is 9.70. The van der Waals surface area contributed by atoms with E-state index in [9.17, 15) is 9.18 Å². The van der Waals surface area contributed by atoms with Gasteiger partial charge in [0.1, 0.15) is 28.1 Å². The third-order valence-corrected chi connectivity index (χ3v) is 5.43. The first-order valence-corrected chi connectivity index (χ1v) is 10.9. The molecule has 0 bridgehead atoms. The van der Waals surface area contributed by atoms with Crippen LogP contribution in [-0.4, -0.2) is 44.7 Å². The summed E-state index contributed by atoms with van der Waals surface area (Å²) in [5.41, 5.74) is 2.51. The zero-order valence-corrected chi connectivity index (χ0v) is 19.0. The summed E-state index contributed by atoms with van der Waals surface area (Å²) >= 11 is 6.45. The summed E-state index contributed by atoms with van der Waals surface area (Å²) in [6.07, 6.45) is 0.907. The van der Waals surface area contributed by atoms with Crippen LogP contribution >= 0.6 is 22.9 Å². The largest absolute Gasteiger partial charge is 0.477 e. The van der Waals surface area contributed by atoms with Crippen molar-refractivity contribution in [2.24, 2.45) is 0 Å². The van der Waals surface area contributed by atoms with Gasteiger partial charge in [0.2, 0.25) is 5.88 Å². The lowest BCUT2D eigenvalue weighted by molar-refractivity contribution is 0.0905. The summed E-state index contributed by atoms with van der Waals surface area (Å²) in [6, 6.07) is 5.12. The maximum atomic E-state index is 14.5. The predicted molar refractivity (Wildman–Crippen MR) is 119 cm³/mol. The number of aromatic nitrogens is 4. The Morgan fingerprint density at radius 1 is 1.19 bits per heavy atom. The zero-order valence-electron chi connectivity index (χ0n) is 17.4. The first-order chi connectivity index (χ1) is 15.3. The van der Waals surface area contributed by atoms with Gasteiger partial charge in [-0.15, -0.1) is 0 Å². The molecule has 11 heteroatoms. The molecule has 0 aliphatic rings. The molecule has 3 aromatic heterocycles. The van der Waals surface area contributed by atoms with E-state index in [0.29, 0.717) is 38.9 Å². The van der Waals surface area contributed by atoms with Gasteiger partial charge in [0, 0.05) is 23.2 Å². The highest BCUT2D eigenvalue weighted by Crippen LogP contribution is 2.35. The maximum Gasteiger partial charge on any atom is 0.404 e. The average molecular weight is 477 g/mol. The van der Waals surface area contributed by atoms with Gasteiger partial charge in [-0.3, -0.25) is 0 Å². The summed E-state index contributed by atoms with van der Waals surface area (Å²) in [4.78, 5) is 29.1. The molecule has 0 saturated carbocycles. The predicted octanol–water partition coefficient (Wildman–Crippen LogP) is 5.29. The van der Waals surface area contributed by atoms with Crippen molar-refractivity contribution in [3.05, 3.63) is 35.8 Å². The van der Waals surface area contributed by atoms with Gasteiger partial charge in [-0.05, 0) is 38.5 Å². The fourth-order valence-electron chi connectivity index (χ4n) is 3.06. The Balaban J connectivity index is 1.69. The first kappa shape index (κ1) is 22.1. The summed E-state index contributed by atoms with van der Waals surface area (Å²) in [7, 11) is 0. The van der Waals surface area contributed by atoms with Crippen LogP contribution in [0.25, 0.3) is 32.0 Å². The number of ether oxygens (including phenoxy) is 3. The topological polar surface area (TPSA) is 96.3 Å². The van der Waals surface area contributed by atoms with Crippen molar-refractivity contribution in [3.63, 3.8) is 0 Å². The van der Waals surface area contributed by atoms with Crippen molar-refractivity contribution in [1.29, 1.82) is 0 Å². The van der Waals surface area contributed by atoms with Gasteiger partial charge in [0.05, 0.1) is 23.8 Å². The molecule has 0 aliphatic carbocycles. The molecule has 1 atom stereocenters. The van der Waals surface area contributed by atoms with Crippen LogP contribution in [0.3, 0.4) is 0 Å². The van der Waals surface area contributed by atoms with Crippen LogP contribution < -0.4 is 9.47 Å². The standard InChI is InChI=1S/C21H18ClFN4O4S/c1-4-29-16-8-24-17-12(5-10(2)6-14(17)25-16)19-26-15-7-13(23)18(27-20(15)32-19)30-9-11(3)31-21(22)28/h5-8,11H,4,9H2,1-3H3/t11-/m1/s1. The molecule has 0 aliphatic heterocycles. The number of carbonyl (C=O) groups excluding carboxylic acids is 1. The highest BCUT2D eigenvalue weighted by Gasteiger charge is 2.18. The van der Waals surface area contributed by atoms with E-state index in [0.717, 1.165) is 11.1 Å². The van der Waals surface area contributed by atoms with E-state index in [4.69, 9.17) is 25.8 Å². The van der Waals surface area contributed by atoms with E-state index in [1.807, 2.05) is 26.0 Å². The lowest BCUT2D eigenvalue weighted by Gasteiger charge is -2.11.